The van der Waals surface area contributed by atoms with Crippen molar-refractivity contribution in [3.63, 3.8) is 0 Å². The van der Waals surface area contributed by atoms with Gasteiger partial charge >= 0.3 is 5.97 Å². The largest absolute Gasteiger partial charge is 0.475 e. The van der Waals surface area contributed by atoms with Gasteiger partial charge in [-0.3, -0.25) is 4.79 Å². The first-order valence-electron chi connectivity index (χ1n) is 5.83. The molecule has 7 heteroatoms. The monoisotopic (exact) mass is 308 g/mol. The Morgan fingerprint density at radius 1 is 1.43 bits per heavy atom. The van der Waals surface area contributed by atoms with Crippen LogP contribution in [0.15, 0.2) is 42.7 Å². The Labute approximate surface area is 121 Å². The lowest BCUT2D eigenvalue weighted by Gasteiger charge is -2.26. The van der Waals surface area contributed by atoms with E-state index in [1.165, 1.54) is 24.3 Å². The van der Waals surface area contributed by atoms with Gasteiger partial charge in [-0.15, -0.1) is 0 Å². The number of ether oxygens (including phenoxy) is 1. The maximum Gasteiger partial charge on any atom is 0.371 e. The summed E-state index contributed by atoms with van der Waals surface area (Å²) in [7, 11) is -4.08. The smallest absolute Gasteiger partial charge is 0.371 e. The van der Waals surface area contributed by atoms with Gasteiger partial charge in [-0.2, -0.15) is 0 Å². The minimum Gasteiger partial charge on any atom is -0.475 e. The summed E-state index contributed by atoms with van der Waals surface area (Å²) in [4.78, 5) is 20.8. The summed E-state index contributed by atoms with van der Waals surface area (Å²) >= 11 is 0. The number of carbonyl (C=O) groups excluding carboxylic acids is 1. The quantitative estimate of drug-likeness (QED) is 0.894. The van der Waals surface area contributed by atoms with Crippen LogP contribution in [0.25, 0.3) is 6.08 Å². The van der Waals surface area contributed by atoms with Crippen LogP contribution in [0.4, 0.5) is 0 Å². The third kappa shape index (κ3) is 2.25. The topological polar surface area (TPSA) is 97.7 Å². The Kier molecular flexibility index (Phi) is 3.46. The van der Waals surface area contributed by atoms with E-state index in [0.29, 0.717) is 11.6 Å². The Morgan fingerprint density at radius 3 is 2.57 bits per heavy atom. The number of aliphatic carboxylic acids is 1. The SMILES string of the molecule is C=Cc1cccc(C2(S(C)(=O)=O)OC(C(=O)O)=CC2=O)c1. The van der Waals surface area contributed by atoms with Crippen molar-refractivity contribution in [2.24, 2.45) is 0 Å². The number of ketones is 1. The van der Waals surface area contributed by atoms with E-state index in [1.54, 1.807) is 6.07 Å². The molecule has 0 aromatic heterocycles. The van der Waals surface area contributed by atoms with Crippen LogP contribution < -0.4 is 0 Å². The fourth-order valence-corrected chi connectivity index (χ4v) is 3.32. The predicted molar refractivity (Wildman–Crippen MR) is 74.9 cm³/mol. The number of carboxylic acid groups (broad SMARTS) is 1. The van der Waals surface area contributed by atoms with Crippen LogP contribution in [-0.2, 0) is 29.1 Å². The van der Waals surface area contributed by atoms with E-state index in [1.807, 2.05) is 0 Å². The second-order valence-electron chi connectivity index (χ2n) is 4.50. The molecule has 1 aromatic rings. The van der Waals surface area contributed by atoms with Crippen LogP contribution in [0.3, 0.4) is 0 Å². The molecule has 110 valence electrons. The molecular formula is C14H12O6S. The Hall–Kier alpha value is -2.41. The summed E-state index contributed by atoms with van der Waals surface area (Å²) in [5, 5.41) is 8.92. The van der Waals surface area contributed by atoms with Crippen molar-refractivity contribution in [2.75, 3.05) is 6.26 Å². The van der Waals surface area contributed by atoms with Crippen LogP contribution >= 0.6 is 0 Å². The Bertz CT molecular complexity index is 774. The fraction of sp³-hybridized carbons (Fsp3) is 0.143. The number of sulfone groups is 1. The molecule has 0 radical (unpaired) electrons. The molecule has 0 fully saturated rings. The zero-order valence-electron chi connectivity index (χ0n) is 11.1. The number of benzene rings is 1. The zero-order valence-corrected chi connectivity index (χ0v) is 11.9. The number of hydrogen-bond donors (Lipinski definition) is 1. The first kappa shape index (κ1) is 15.0. The third-order valence-electron chi connectivity index (χ3n) is 3.08. The van der Waals surface area contributed by atoms with Crippen LogP contribution in [0.5, 0.6) is 0 Å². The van der Waals surface area contributed by atoms with Gasteiger partial charge in [0.25, 0.3) is 4.93 Å². The summed E-state index contributed by atoms with van der Waals surface area (Å²) < 4.78 is 29.3. The Balaban J connectivity index is 2.70. The number of carbonyl (C=O) groups is 2. The van der Waals surface area contributed by atoms with Gasteiger partial charge in [-0.05, 0) is 11.6 Å². The lowest BCUT2D eigenvalue weighted by molar-refractivity contribution is -0.138. The number of rotatable bonds is 4. The molecule has 1 heterocycles. The lowest BCUT2D eigenvalue weighted by Crippen LogP contribution is -2.41. The second-order valence-corrected chi connectivity index (χ2v) is 6.62. The Morgan fingerprint density at radius 2 is 2.10 bits per heavy atom. The molecule has 6 nitrogen and oxygen atoms in total. The molecular weight excluding hydrogens is 296 g/mol. The van der Waals surface area contributed by atoms with Crippen LogP contribution in [-0.4, -0.2) is 31.5 Å². The van der Waals surface area contributed by atoms with Gasteiger partial charge in [-0.1, -0.05) is 30.9 Å². The van der Waals surface area contributed by atoms with E-state index >= 15 is 0 Å². The van der Waals surface area contributed by atoms with E-state index in [4.69, 9.17) is 9.84 Å². The molecule has 2 rings (SSSR count). The molecule has 0 saturated carbocycles. The maximum atomic E-state index is 12.2. The highest BCUT2D eigenvalue weighted by Gasteiger charge is 2.56. The highest BCUT2D eigenvalue weighted by atomic mass is 32.2. The molecule has 1 N–H and O–H groups in total. The highest BCUT2D eigenvalue weighted by molar-refractivity contribution is 7.92. The van der Waals surface area contributed by atoms with E-state index in [2.05, 4.69) is 6.58 Å². The molecule has 1 aliphatic rings. The van der Waals surface area contributed by atoms with Crippen molar-refractivity contribution in [3.8, 4) is 0 Å². The summed E-state index contributed by atoms with van der Waals surface area (Å²) in [5.41, 5.74) is 0.621. The van der Waals surface area contributed by atoms with Gasteiger partial charge in [0.15, 0.2) is 0 Å². The minimum absolute atomic E-state index is 0.0416. The normalized spacial score (nSPS) is 21.6. The van der Waals surface area contributed by atoms with E-state index in [0.717, 1.165) is 6.26 Å². The first-order valence-corrected chi connectivity index (χ1v) is 7.72. The predicted octanol–water partition coefficient (Wildman–Crippen LogP) is 1.09. The number of carboxylic acids is 1. The second kappa shape index (κ2) is 4.85. The highest BCUT2D eigenvalue weighted by Crippen LogP contribution is 2.40. The van der Waals surface area contributed by atoms with Gasteiger partial charge in [0.1, 0.15) is 0 Å². The summed E-state index contributed by atoms with van der Waals surface area (Å²) in [5.74, 6) is -3.15. The fourth-order valence-electron chi connectivity index (χ4n) is 2.10. The van der Waals surface area contributed by atoms with Gasteiger partial charge < -0.3 is 9.84 Å². The van der Waals surface area contributed by atoms with Crippen LogP contribution in [0.2, 0.25) is 0 Å². The van der Waals surface area contributed by atoms with E-state index in [9.17, 15) is 18.0 Å². The summed E-state index contributed by atoms with van der Waals surface area (Å²) in [6, 6.07) is 6.02. The van der Waals surface area contributed by atoms with Crippen molar-refractivity contribution in [1.82, 2.24) is 0 Å². The summed E-state index contributed by atoms with van der Waals surface area (Å²) in [6.07, 6.45) is 2.98. The maximum absolute atomic E-state index is 12.2. The van der Waals surface area contributed by atoms with Crippen molar-refractivity contribution in [3.05, 3.63) is 53.8 Å². The molecule has 0 spiro atoms. The molecule has 0 saturated heterocycles. The van der Waals surface area contributed by atoms with Crippen LogP contribution in [0.1, 0.15) is 11.1 Å². The first-order chi connectivity index (χ1) is 9.72. The standard InChI is InChI=1S/C14H12O6S/c1-3-9-5-4-6-10(7-9)14(21(2,18)19)12(15)8-11(20-14)13(16)17/h3-8H,1H2,2H3,(H,16,17). The molecule has 1 aliphatic heterocycles. The molecule has 21 heavy (non-hydrogen) atoms. The van der Waals surface area contributed by atoms with E-state index < -0.39 is 32.3 Å². The van der Waals surface area contributed by atoms with Gasteiger partial charge in [-0.25, -0.2) is 13.2 Å². The lowest BCUT2D eigenvalue weighted by atomic mass is 10.0. The van der Waals surface area contributed by atoms with Crippen molar-refractivity contribution < 1.29 is 27.9 Å². The molecule has 0 bridgehead atoms. The molecule has 1 atom stereocenters. The third-order valence-corrected chi connectivity index (χ3v) is 4.64. The van der Waals surface area contributed by atoms with Gasteiger partial charge in [0, 0.05) is 17.9 Å². The summed E-state index contributed by atoms with van der Waals surface area (Å²) in [6.45, 7) is 3.56. The van der Waals surface area contributed by atoms with Crippen molar-refractivity contribution in [1.29, 1.82) is 0 Å². The van der Waals surface area contributed by atoms with Gasteiger partial charge in [0.05, 0.1) is 0 Å². The van der Waals surface area contributed by atoms with E-state index in [-0.39, 0.29) is 5.56 Å². The molecule has 0 amide bonds. The number of hydrogen-bond acceptors (Lipinski definition) is 5. The molecule has 1 unspecified atom stereocenters. The average molecular weight is 308 g/mol. The molecule has 0 aliphatic carbocycles. The average Bonchev–Trinajstić information content (AvgIpc) is 2.77. The van der Waals surface area contributed by atoms with Crippen molar-refractivity contribution in [2.45, 2.75) is 4.93 Å². The van der Waals surface area contributed by atoms with Gasteiger partial charge in [0.2, 0.25) is 21.4 Å². The van der Waals surface area contributed by atoms with Crippen molar-refractivity contribution >= 4 is 27.7 Å². The zero-order chi connectivity index (χ0) is 15.8. The van der Waals surface area contributed by atoms with Crippen LogP contribution in [0, 0.1) is 0 Å². The minimum atomic E-state index is -4.08. The molecule has 1 aromatic carbocycles.